The summed E-state index contributed by atoms with van der Waals surface area (Å²) in [6.07, 6.45) is 4.38. The van der Waals surface area contributed by atoms with Crippen molar-refractivity contribution in [2.45, 2.75) is 19.8 Å². The van der Waals surface area contributed by atoms with Crippen LogP contribution in [0.15, 0.2) is 16.9 Å². The number of aromatic nitrogens is 4. The number of hydrogen-bond acceptors (Lipinski definition) is 5. The maximum Gasteiger partial charge on any atom is 0.278 e. The molecular weight excluding hydrogens is 210 g/mol. The Kier molecular flexibility index (Phi) is 2.95. The number of carbonyl (C=O) groups excluding carboxylic acids is 1. The van der Waals surface area contributed by atoms with E-state index in [9.17, 15) is 4.79 Å². The molecule has 0 radical (unpaired) electrons. The lowest BCUT2D eigenvalue weighted by Crippen LogP contribution is -2.12. The number of amides is 1. The van der Waals surface area contributed by atoms with Crippen molar-refractivity contribution in [1.82, 2.24) is 20.4 Å². The summed E-state index contributed by atoms with van der Waals surface area (Å²) >= 11 is 0. The third-order valence-corrected chi connectivity index (χ3v) is 1.90. The second kappa shape index (κ2) is 4.56. The smallest absolute Gasteiger partial charge is 0.278 e. The van der Waals surface area contributed by atoms with Crippen LogP contribution in [0.25, 0.3) is 0 Å². The van der Waals surface area contributed by atoms with Gasteiger partial charge in [-0.1, -0.05) is 6.92 Å². The van der Waals surface area contributed by atoms with Crippen LogP contribution in [0.2, 0.25) is 0 Å². The van der Waals surface area contributed by atoms with E-state index in [-0.39, 0.29) is 11.6 Å². The minimum absolute atomic E-state index is 0.242. The minimum Gasteiger partial charge on any atom is -0.448 e. The molecule has 0 aliphatic carbocycles. The molecule has 0 aliphatic heterocycles. The molecule has 2 heterocycles. The van der Waals surface area contributed by atoms with Crippen LogP contribution in [-0.2, 0) is 6.42 Å². The molecule has 1 amide bonds. The van der Waals surface area contributed by atoms with Gasteiger partial charge in [-0.25, -0.2) is 4.98 Å². The number of anilines is 1. The topological polar surface area (TPSA) is 96.7 Å². The lowest BCUT2D eigenvalue weighted by molar-refractivity contribution is 0.102. The molecule has 2 N–H and O–H groups in total. The average molecular weight is 221 g/mol. The molecule has 0 spiro atoms. The maximum atomic E-state index is 11.6. The monoisotopic (exact) mass is 221 g/mol. The first-order chi connectivity index (χ1) is 7.79. The van der Waals surface area contributed by atoms with Crippen LogP contribution in [-0.4, -0.2) is 26.3 Å². The molecule has 0 atom stereocenters. The lowest BCUT2D eigenvalue weighted by atomic mass is 10.3. The molecule has 7 nitrogen and oxygen atoms in total. The fourth-order valence-corrected chi connectivity index (χ4v) is 1.19. The molecule has 0 bridgehead atoms. The Labute approximate surface area is 91.3 Å². The Morgan fingerprint density at radius 3 is 3.19 bits per heavy atom. The zero-order valence-corrected chi connectivity index (χ0v) is 8.73. The van der Waals surface area contributed by atoms with E-state index in [0.29, 0.717) is 11.7 Å². The van der Waals surface area contributed by atoms with Crippen LogP contribution >= 0.6 is 0 Å². The molecule has 2 aromatic heterocycles. The van der Waals surface area contributed by atoms with E-state index in [1.165, 1.54) is 12.5 Å². The number of nitrogens with one attached hydrogen (secondary N) is 2. The summed E-state index contributed by atoms with van der Waals surface area (Å²) < 4.78 is 5.13. The van der Waals surface area contributed by atoms with E-state index in [1.54, 1.807) is 0 Å². The Balaban J connectivity index is 2.03. The number of hydrogen-bond donors (Lipinski definition) is 2. The number of nitrogens with zero attached hydrogens (tertiary/aromatic N) is 3. The number of aryl methyl sites for hydroxylation is 1. The van der Waals surface area contributed by atoms with E-state index < -0.39 is 0 Å². The van der Waals surface area contributed by atoms with Gasteiger partial charge in [0.05, 0.1) is 6.20 Å². The van der Waals surface area contributed by atoms with Gasteiger partial charge < -0.3 is 9.73 Å². The molecule has 0 saturated carbocycles. The van der Waals surface area contributed by atoms with Gasteiger partial charge in [-0.05, 0) is 6.42 Å². The van der Waals surface area contributed by atoms with Crippen molar-refractivity contribution < 1.29 is 9.21 Å². The Hall–Kier alpha value is -2.18. The highest BCUT2D eigenvalue weighted by Crippen LogP contribution is 2.06. The predicted molar refractivity (Wildman–Crippen MR) is 54.8 cm³/mol. The van der Waals surface area contributed by atoms with Crippen molar-refractivity contribution in [2.75, 3.05) is 5.32 Å². The number of H-pyrrole nitrogens is 1. The van der Waals surface area contributed by atoms with Gasteiger partial charge in [0, 0.05) is 6.42 Å². The van der Waals surface area contributed by atoms with Crippen LogP contribution in [0.5, 0.6) is 0 Å². The first-order valence-electron chi connectivity index (χ1n) is 4.91. The second-order valence-corrected chi connectivity index (χ2v) is 3.19. The standard InChI is InChI=1S/C9H11N5O2/c1-2-3-8-11-6(5-16-8)9(15)12-7-4-10-14-13-7/h4-5H,2-3H2,1H3,(H2,10,12,13,14,15). The largest absolute Gasteiger partial charge is 0.448 e. The van der Waals surface area contributed by atoms with Crippen LogP contribution in [0.4, 0.5) is 5.82 Å². The Morgan fingerprint density at radius 2 is 2.50 bits per heavy atom. The molecule has 0 fully saturated rings. The molecule has 7 heteroatoms. The highest BCUT2D eigenvalue weighted by atomic mass is 16.3. The van der Waals surface area contributed by atoms with Gasteiger partial charge >= 0.3 is 0 Å². The fraction of sp³-hybridized carbons (Fsp3) is 0.333. The zero-order valence-electron chi connectivity index (χ0n) is 8.73. The van der Waals surface area contributed by atoms with Crippen molar-refractivity contribution >= 4 is 11.7 Å². The zero-order chi connectivity index (χ0) is 11.4. The van der Waals surface area contributed by atoms with Crippen LogP contribution in [0.3, 0.4) is 0 Å². The van der Waals surface area contributed by atoms with Gasteiger partial charge in [-0.3, -0.25) is 4.79 Å². The number of rotatable bonds is 4. The maximum absolute atomic E-state index is 11.6. The van der Waals surface area contributed by atoms with Gasteiger partial charge in [0.25, 0.3) is 5.91 Å². The quantitative estimate of drug-likeness (QED) is 0.802. The van der Waals surface area contributed by atoms with Crippen molar-refractivity contribution in [1.29, 1.82) is 0 Å². The summed E-state index contributed by atoms with van der Waals surface area (Å²) in [5.74, 6) is 0.554. The van der Waals surface area contributed by atoms with Gasteiger partial charge in [-0.15, -0.1) is 5.10 Å². The highest BCUT2D eigenvalue weighted by Gasteiger charge is 2.12. The fourth-order valence-electron chi connectivity index (χ4n) is 1.19. The molecule has 0 saturated heterocycles. The van der Waals surface area contributed by atoms with E-state index in [4.69, 9.17) is 4.42 Å². The van der Waals surface area contributed by atoms with Crippen molar-refractivity contribution in [2.24, 2.45) is 0 Å². The number of carbonyl (C=O) groups is 1. The molecule has 0 unspecified atom stereocenters. The average Bonchev–Trinajstić information content (AvgIpc) is 2.89. The number of oxazole rings is 1. The summed E-state index contributed by atoms with van der Waals surface area (Å²) in [6, 6.07) is 0. The second-order valence-electron chi connectivity index (χ2n) is 3.19. The summed E-state index contributed by atoms with van der Waals surface area (Å²) in [5.41, 5.74) is 0.242. The SMILES string of the molecule is CCCc1nc(C(=O)Nc2cn[nH]n2)co1. The van der Waals surface area contributed by atoms with E-state index >= 15 is 0 Å². The third kappa shape index (κ3) is 2.25. The Morgan fingerprint density at radius 1 is 1.62 bits per heavy atom. The first-order valence-corrected chi connectivity index (χ1v) is 4.91. The molecule has 16 heavy (non-hydrogen) atoms. The van der Waals surface area contributed by atoms with Gasteiger partial charge in [-0.2, -0.15) is 10.3 Å². The van der Waals surface area contributed by atoms with E-state index in [2.05, 4.69) is 25.7 Å². The normalized spacial score (nSPS) is 10.3. The predicted octanol–water partition coefficient (Wildman–Crippen LogP) is 0.997. The van der Waals surface area contributed by atoms with Crippen molar-refractivity contribution in [3.8, 4) is 0 Å². The Bertz CT molecular complexity index is 462. The summed E-state index contributed by atoms with van der Waals surface area (Å²) in [6.45, 7) is 2.01. The molecular formula is C9H11N5O2. The highest BCUT2D eigenvalue weighted by molar-refractivity contribution is 6.01. The third-order valence-electron chi connectivity index (χ3n) is 1.90. The van der Waals surface area contributed by atoms with E-state index in [1.807, 2.05) is 6.92 Å². The van der Waals surface area contributed by atoms with Crippen molar-refractivity contribution in [3.05, 3.63) is 24.0 Å². The molecule has 0 aromatic carbocycles. The molecule has 2 rings (SSSR count). The summed E-state index contributed by atoms with van der Waals surface area (Å²) in [5, 5.41) is 12.2. The van der Waals surface area contributed by atoms with Crippen molar-refractivity contribution in [3.63, 3.8) is 0 Å². The summed E-state index contributed by atoms with van der Waals surface area (Å²) in [4.78, 5) is 15.7. The molecule has 84 valence electrons. The minimum atomic E-state index is -0.361. The van der Waals surface area contributed by atoms with Gasteiger partial charge in [0.1, 0.15) is 6.26 Å². The van der Waals surface area contributed by atoms with Crippen LogP contribution in [0.1, 0.15) is 29.7 Å². The molecule has 2 aromatic rings. The van der Waals surface area contributed by atoms with Crippen LogP contribution in [0, 0.1) is 0 Å². The van der Waals surface area contributed by atoms with Crippen LogP contribution < -0.4 is 5.32 Å². The van der Waals surface area contributed by atoms with E-state index in [0.717, 1.165) is 12.8 Å². The first kappa shape index (κ1) is 10.3. The van der Waals surface area contributed by atoms with Gasteiger partial charge in [0.2, 0.25) is 0 Å². The lowest BCUT2D eigenvalue weighted by Gasteiger charge is -1.95. The number of aromatic amines is 1. The molecule has 0 aliphatic rings. The van der Waals surface area contributed by atoms with Gasteiger partial charge in [0.15, 0.2) is 17.4 Å². The summed E-state index contributed by atoms with van der Waals surface area (Å²) in [7, 11) is 0.